The SMILES string of the molecule is Cc1cc2nncn2cc1C1CCN(S(=O)(=O)c2cc3c(cc2F)OCC3)CC1. The molecule has 0 N–H and O–H groups in total. The molecule has 3 aromatic rings. The van der Waals surface area contributed by atoms with Crippen LogP contribution >= 0.6 is 0 Å². The minimum atomic E-state index is -3.88. The van der Waals surface area contributed by atoms with Crippen molar-refractivity contribution in [3.05, 3.63) is 53.2 Å². The third-order valence-electron chi connectivity index (χ3n) is 5.94. The maximum Gasteiger partial charge on any atom is 0.245 e. The number of hydrogen-bond acceptors (Lipinski definition) is 5. The molecule has 1 fully saturated rings. The first-order valence-corrected chi connectivity index (χ1v) is 11.1. The van der Waals surface area contributed by atoms with Gasteiger partial charge < -0.3 is 4.74 Å². The molecule has 7 nitrogen and oxygen atoms in total. The number of halogens is 1. The summed E-state index contributed by atoms with van der Waals surface area (Å²) in [5, 5.41) is 7.98. The molecule has 0 saturated carbocycles. The standard InChI is InChI=1S/C20H21FN4O3S/c1-13-8-20-23-22-12-24(20)11-16(13)14-2-5-25(6-3-14)29(26,27)19-9-15-4-7-28-18(15)10-17(19)21/h8-12,14H,2-7H2,1H3. The third kappa shape index (κ3) is 3.08. The molecule has 5 rings (SSSR count). The Morgan fingerprint density at radius 2 is 2.00 bits per heavy atom. The lowest BCUT2D eigenvalue weighted by Crippen LogP contribution is -2.38. The number of rotatable bonds is 3. The van der Waals surface area contributed by atoms with Gasteiger partial charge in [-0.2, -0.15) is 4.31 Å². The minimum Gasteiger partial charge on any atom is -0.493 e. The van der Waals surface area contributed by atoms with E-state index in [2.05, 4.69) is 10.2 Å². The van der Waals surface area contributed by atoms with E-state index in [1.54, 1.807) is 6.33 Å². The first kappa shape index (κ1) is 18.5. The highest BCUT2D eigenvalue weighted by Crippen LogP contribution is 2.35. The van der Waals surface area contributed by atoms with E-state index >= 15 is 0 Å². The van der Waals surface area contributed by atoms with Gasteiger partial charge in [-0.25, -0.2) is 12.8 Å². The second kappa shape index (κ2) is 6.77. The molecule has 0 unspecified atom stereocenters. The minimum absolute atomic E-state index is 0.242. The lowest BCUT2D eigenvalue weighted by Gasteiger charge is -2.32. The third-order valence-corrected chi connectivity index (χ3v) is 7.85. The van der Waals surface area contributed by atoms with Gasteiger partial charge in [0, 0.05) is 31.8 Å². The van der Waals surface area contributed by atoms with E-state index < -0.39 is 15.8 Å². The van der Waals surface area contributed by atoms with Crippen LogP contribution in [-0.4, -0.2) is 47.0 Å². The van der Waals surface area contributed by atoms with Crippen LogP contribution < -0.4 is 4.74 Å². The topological polar surface area (TPSA) is 76.8 Å². The molecule has 0 radical (unpaired) electrons. The molecule has 2 aliphatic rings. The number of piperidine rings is 1. The zero-order chi connectivity index (χ0) is 20.2. The van der Waals surface area contributed by atoms with E-state index in [1.165, 1.54) is 22.0 Å². The first-order valence-electron chi connectivity index (χ1n) is 9.69. The molecular formula is C20H21FN4O3S. The van der Waals surface area contributed by atoms with Gasteiger partial charge in [-0.1, -0.05) is 0 Å². The van der Waals surface area contributed by atoms with Crippen molar-refractivity contribution in [3.8, 4) is 5.75 Å². The Kier molecular flexibility index (Phi) is 4.32. The summed E-state index contributed by atoms with van der Waals surface area (Å²) in [5.41, 5.74) is 3.84. The number of hydrogen-bond donors (Lipinski definition) is 0. The number of pyridine rings is 1. The molecular weight excluding hydrogens is 395 g/mol. The molecule has 9 heteroatoms. The van der Waals surface area contributed by atoms with Crippen LogP contribution in [0.1, 0.15) is 35.4 Å². The van der Waals surface area contributed by atoms with Crippen molar-refractivity contribution in [1.29, 1.82) is 0 Å². The summed E-state index contributed by atoms with van der Waals surface area (Å²) < 4.78 is 49.3. The van der Waals surface area contributed by atoms with Gasteiger partial charge in [-0.15, -0.1) is 10.2 Å². The Hall–Kier alpha value is -2.52. The molecule has 4 heterocycles. The molecule has 0 spiro atoms. The fourth-order valence-electron chi connectivity index (χ4n) is 4.33. The van der Waals surface area contributed by atoms with Crippen LogP contribution in [0.5, 0.6) is 5.75 Å². The van der Waals surface area contributed by atoms with Gasteiger partial charge in [0.1, 0.15) is 22.8 Å². The number of benzene rings is 1. The summed E-state index contributed by atoms with van der Waals surface area (Å²) in [6.45, 7) is 3.22. The quantitative estimate of drug-likeness (QED) is 0.656. The van der Waals surface area contributed by atoms with E-state index in [0.29, 0.717) is 44.7 Å². The predicted molar refractivity (Wildman–Crippen MR) is 104 cm³/mol. The van der Waals surface area contributed by atoms with Crippen LogP contribution in [0.3, 0.4) is 0 Å². The molecule has 2 aliphatic heterocycles. The van der Waals surface area contributed by atoms with Crippen molar-refractivity contribution in [2.75, 3.05) is 19.7 Å². The van der Waals surface area contributed by atoms with E-state index in [1.807, 2.05) is 23.6 Å². The second-order valence-electron chi connectivity index (χ2n) is 7.68. The lowest BCUT2D eigenvalue weighted by molar-refractivity contribution is 0.317. The summed E-state index contributed by atoms with van der Waals surface area (Å²) in [5.74, 6) is -0.0618. The summed E-state index contributed by atoms with van der Waals surface area (Å²) in [6.07, 6.45) is 5.66. The van der Waals surface area contributed by atoms with Gasteiger partial charge in [0.2, 0.25) is 10.0 Å². The zero-order valence-corrected chi connectivity index (χ0v) is 16.8. The highest BCUT2D eigenvalue weighted by molar-refractivity contribution is 7.89. The summed E-state index contributed by atoms with van der Waals surface area (Å²) in [6, 6.07) is 4.62. The molecule has 0 amide bonds. The lowest BCUT2D eigenvalue weighted by atomic mass is 9.89. The van der Waals surface area contributed by atoms with Crippen molar-refractivity contribution in [1.82, 2.24) is 18.9 Å². The van der Waals surface area contributed by atoms with Crippen molar-refractivity contribution in [3.63, 3.8) is 0 Å². The molecule has 1 saturated heterocycles. The van der Waals surface area contributed by atoms with Gasteiger partial charge in [-0.3, -0.25) is 4.40 Å². The van der Waals surface area contributed by atoms with Gasteiger partial charge in [0.25, 0.3) is 0 Å². The van der Waals surface area contributed by atoms with Crippen LogP contribution in [-0.2, 0) is 16.4 Å². The average molecular weight is 416 g/mol. The van der Waals surface area contributed by atoms with Crippen molar-refractivity contribution < 1.29 is 17.5 Å². The van der Waals surface area contributed by atoms with Gasteiger partial charge in [0.15, 0.2) is 5.65 Å². The van der Waals surface area contributed by atoms with Crippen molar-refractivity contribution in [2.45, 2.75) is 37.0 Å². The maximum absolute atomic E-state index is 14.5. The molecule has 152 valence electrons. The Morgan fingerprint density at radius 1 is 1.21 bits per heavy atom. The first-order chi connectivity index (χ1) is 13.9. The highest BCUT2D eigenvalue weighted by Gasteiger charge is 2.33. The molecule has 0 bridgehead atoms. The van der Waals surface area contributed by atoms with Crippen molar-refractivity contribution in [2.24, 2.45) is 0 Å². The van der Waals surface area contributed by atoms with Crippen LogP contribution in [0.25, 0.3) is 5.65 Å². The van der Waals surface area contributed by atoms with Gasteiger partial charge in [-0.05, 0) is 54.5 Å². The normalized spacial score (nSPS) is 18.1. The second-order valence-corrected chi connectivity index (χ2v) is 9.58. The van der Waals surface area contributed by atoms with Crippen LogP contribution in [0.2, 0.25) is 0 Å². The number of aryl methyl sites for hydroxylation is 1. The van der Waals surface area contributed by atoms with E-state index in [4.69, 9.17) is 4.74 Å². The molecule has 29 heavy (non-hydrogen) atoms. The summed E-state index contributed by atoms with van der Waals surface area (Å²) >= 11 is 0. The monoisotopic (exact) mass is 416 g/mol. The van der Waals surface area contributed by atoms with Crippen LogP contribution in [0.15, 0.2) is 35.6 Å². The summed E-state index contributed by atoms with van der Waals surface area (Å²) in [4.78, 5) is -0.248. The molecule has 1 aromatic carbocycles. The smallest absolute Gasteiger partial charge is 0.245 e. The Bertz CT molecular complexity index is 1200. The predicted octanol–water partition coefficient (Wildman–Crippen LogP) is 2.68. The van der Waals surface area contributed by atoms with E-state index in [-0.39, 0.29) is 10.8 Å². The number of ether oxygens (including phenoxy) is 1. The fraction of sp³-hybridized carbons (Fsp3) is 0.400. The van der Waals surface area contributed by atoms with E-state index in [0.717, 1.165) is 16.8 Å². The zero-order valence-electron chi connectivity index (χ0n) is 16.0. The Morgan fingerprint density at radius 3 is 2.79 bits per heavy atom. The highest BCUT2D eigenvalue weighted by atomic mass is 32.2. The molecule has 0 aliphatic carbocycles. The Labute approximate surface area is 168 Å². The fourth-order valence-corrected chi connectivity index (χ4v) is 5.90. The van der Waals surface area contributed by atoms with Gasteiger partial charge in [0.05, 0.1) is 6.61 Å². The summed E-state index contributed by atoms with van der Waals surface area (Å²) in [7, 11) is -3.88. The average Bonchev–Trinajstić information content (AvgIpc) is 3.35. The number of fused-ring (bicyclic) bond motifs is 2. The maximum atomic E-state index is 14.5. The largest absolute Gasteiger partial charge is 0.493 e. The van der Waals surface area contributed by atoms with Gasteiger partial charge >= 0.3 is 0 Å². The molecule has 0 atom stereocenters. The van der Waals surface area contributed by atoms with Crippen LogP contribution in [0.4, 0.5) is 4.39 Å². The van der Waals surface area contributed by atoms with Crippen LogP contribution in [0, 0.1) is 12.7 Å². The number of sulfonamides is 1. The molecule has 2 aromatic heterocycles. The van der Waals surface area contributed by atoms with Crippen molar-refractivity contribution >= 4 is 15.7 Å². The van der Waals surface area contributed by atoms with E-state index in [9.17, 15) is 12.8 Å². The number of aromatic nitrogens is 3. The number of nitrogens with zero attached hydrogens (tertiary/aromatic N) is 4. The Balaban J connectivity index is 1.38.